The molecule has 0 radical (unpaired) electrons. The fourth-order valence-electron chi connectivity index (χ4n) is 7.26. The molecule has 7 nitrogen and oxygen atoms in total. The van der Waals surface area contributed by atoms with E-state index in [1.165, 1.54) is 0 Å². The van der Waals surface area contributed by atoms with Crippen molar-refractivity contribution < 1.29 is 24.2 Å². The van der Waals surface area contributed by atoms with Gasteiger partial charge in [-0.15, -0.1) is 24.9 Å². The van der Waals surface area contributed by atoms with Crippen molar-refractivity contribution in [1.82, 2.24) is 4.90 Å². The van der Waals surface area contributed by atoms with E-state index in [0.29, 0.717) is 18.5 Å². The number of benzene rings is 3. The summed E-state index contributed by atoms with van der Waals surface area (Å²) in [5.41, 5.74) is 1.41. The third-order valence-electron chi connectivity index (χ3n) is 9.11. The molecule has 228 valence electrons. The first kappa shape index (κ1) is 30.6. The van der Waals surface area contributed by atoms with Gasteiger partial charge in [0.15, 0.2) is 0 Å². The Labute approximate surface area is 270 Å². The third-order valence-corrected chi connectivity index (χ3v) is 12.3. The Hall–Kier alpha value is -3.40. The predicted molar refractivity (Wildman–Crippen MR) is 178 cm³/mol. The number of hydrogen-bond acceptors (Lipinski definition) is 6. The van der Waals surface area contributed by atoms with Crippen LogP contribution in [0.25, 0.3) is 10.8 Å². The van der Waals surface area contributed by atoms with Crippen molar-refractivity contribution in [2.45, 2.75) is 39.7 Å². The van der Waals surface area contributed by atoms with Crippen molar-refractivity contribution in [2.75, 3.05) is 24.7 Å². The van der Waals surface area contributed by atoms with Crippen LogP contribution < -0.4 is 4.90 Å². The molecule has 0 saturated carbocycles. The third kappa shape index (κ3) is 4.99. The van der Waals surface area contributed by atoms with Crippen LogP contribution in [-0.2, 0) is 19.1 Å². The zero-order valence-electron chi connectivity index (χ0n) is 24.3. The number of alkyl halides is 1. The molecule has 2 amide bonds. The van der Waals surface area contributed by atoms with E-state index in [1.807, 2.05) is 72.8 Å². The van der Waals surface area contributed by atoms with Crippen molar-refractivity contribution in [1.29, 1.82) is 0 Å². The summed E-state index contributed by atoms with van der Waals surface area (Å²) < 4.78 is 4.75. The highest BCUT2D eigenvalue weighted by Crippen LogP contribution is 2.68. The summed E-state index contributed by atoms with van der Waals surface area (Å²) in [4.78, 5) is 46.5. The number of fused-ring (bicyclic) bond motifs is 2. The number of hydrogen-bond donors (Lipinski definition) is 1. The highest BCUT2D eigenvalue weighted by atomic mass is 79.9. The number of aliphatic hydroxyl groups is 1. The van der Waals surface area contributed by atoms with E-state index >= 15 is 4.79 Å². The zero-order chi connectivity index (χ0) is 31.0. The molecule has 3 unspecified atom stereocenters. The summed E-state index contributed by atoms with van der Waals surface area (Å²) in [6.07, 6.45) is 4.39. The number of aliphatic hydroxyl groups excluding tert-OH is 1. The van der Waals surface area contributed by atoms with E-state index in [9.17, 15) is 14.7 Å². The molecule has 0 aromatic heterocycles. The number of likely N-dealkylation sites (tertiary alicyclic amines) is 1. The number of anilines is 1. The van der Waals surface area contributed by atoms with E-state index in [4.69, 9.17) is 4.74 Å². The van der Waals surface area contributed by atoms with Crippen molar-refractivity contribution >= 4 is 61.9 Å². The monoisotopic (exact) mass is 674 g/mol. The molecule has 1 N–H and O–H groups in total. The van der Waals surface area contributed by atoms with Crippen molar-refractivity contribution in [3.8, 4) is 0 Å². The van der Waals surface area contributed by atoms with Crippen LogP contribution in [0, 0.1) is 11.8 Å². The first-order chi connectivity index (χ1) is 21.4. The van der Waals surface area contributed by atoms with Crippen LogP contribution in [0.2, 0.25) is 0 Å². The topological polar surface area (TPSA) is 87.1 Å². The minimum absolute atomic E-state index is 0.0958. The van der Waals surface area contributed by atoms with Gasteiger partial charge in [-0.3, -0.25) is 14.4 Å². The summed E-state index contributed by atoms with van der Waals surface area (Å²) in [6.45, 7) is 7.67. The Morgan fingerprint density at radius 1 is 1.09 bits per heavy atom. The van der Waals surface area contributed by atoms with E-state index in [2.05, 4.69) is 29.1 Å². The lowest BCUT2D eigenvalue weighted by Gasteiger charge is -2.40. The zero-order valence-corrected chi connectivity index (χ0v) is 26.7. The molecule has 2 bridgehead atoms. The maximum Gasteiger partial charge on any atom is 0.310 e. The highest BCUT2D eigenvalue weighted by Gasteiger charge is 2.76. The molecule has 1 spiro atoms. The Bertz CT molecular complexity index is 1600. The van der Waals surface area contributed by atoms with Gasteiger partial charge in [-0.1, -0.05) is 88.7 Å². The maximum atomic E-state index is 15.0. The van der Waals surface area contributed by atoms with Gasteiger partial charge < -0.3 is 19.6 Å². The molecule has 6 rings (SSSR count). The minimum Gasteiger partial charge on any atom is -0.465 e. The lowest BCUT2D eigenvalue weighted by atomic mass is 9.71. The van der Waals surface area contributed by atoms with Crippen LogP contribution >= 0.6 is 27.7 Å². The Morgan fingerprint density at radius 2 is 1.82 bits per heavy atom. The van der Waals surface area contributed by atoms with Gasteiger partial charge in [-0.25, -0.2) is 0 Å². The first-order valence-electron chi connectivity index (χ1n) is 14.8. The van der Waals surface area contributed by atoms with E-state index in [-0.39, 0.29) is 41.6 Å². The summed E-state index contributed by atoms with van der Waals surface area (Å²) in [6, 6.07) is 21.4. The predicted octanol–water partition coefficient (Wildman–Crippen LogP) is 5.68. The largest absolute Gasteiger partial charge is 0.465 e. The fraction of sp³-hybridized carbons (Fsp3) is 0.343. The van der Waals surface area contributed by atoms with E-state index in [1.54, 1.807) is 33.7 Å². The molecule has 9 heteroatoms. The normalized spacial score (nSPS) is 27.6. The van der Waals surface area contributed by atoms with Gasteiger partial charge in [0.2, 0.25) is 5.91 Å². The number of amides is 2. The second-order valence-electron chi connectivity index (χ2n) is 11.5. The second-order valence-corrected chi connectivity index (χ2v) is 14.2. The van der Waals surface area contributed by atoms with Gasteiger partial charge in [0.05, 0.1) is 35.8 Å². The summed E-state index contributed by atoms with van der Waals surface area (Å²) >= 11 is 5.36. The molecule has 44 heavy (non-hydrogen) atoms. The number of halogens is 1. The van der Waals surface area contributed by atoms with Crippen LogP contribution in [0.3, 0.4) is 0 Å². The fourth-order valence-corrected chi connectivity index (χ4v) is 10.8. The molecule has 7 atom stereocenters. The van der Waals surface area contributed by atoms with Crippen LogP contribution in [0.4, 0.5) is 5.69 Å². The van der Waals surface area contributed by atoms with Crippen molar-refractivity contribution in [2.24, 2.45) is 11.8 Å². The Kier molecular flexibility index (Phi) is 8.72. The van der Waals surface area contributed by atoms with Gasteiger partial charge in [0, 0.05) is 22.3 Å². The number of ether oxygens (including phenoxy) is 1. The van der Waals surface area contributed by atoms with Gasteiger partial charge >= 0.3 is 5.97 Å². The number of thioether (sulfide) groups is 1. The first-order valence-corrected chi connectivity index (χ1v) is 16.6. The van der Waals surface area contributed by atoms with Gasteiger partial charge in [0.1, 0.15) is 6.04 Å². The number of rotatable bonds is 11. The number of nitrogens with zero attached hydrogens (tertiary/aromatic N) is 2. The lowest BCUT2D eigenvalue weighted by molar-refractivity contribution is -0.154. The van der Waals surface area contributed by atoms with E-state index < -0.39 is 34.6 Å². The standard InChI is InChI=1S/C35H35BrN2O5S/c1-3-5-18-43-34(42)28-29-32(40)38(27(21-39)23-12-7-6-8-13-23)31(35(29)20-26(36)30(28)44-35)33(41)37(17-4-2)25-16-15-22-11-9-10-14-24(22)19-25/h3-4,6-16,19,26-31,39H,1-2,5,17-18,20-21H2/t26?,27-,28+,29+,30+,31?,35?/m1/s1. The Balaban J connectivity index is 1.47. The van der Waals surface area contributed by atoms with Gasteiger partial charge in [-0.2, -0.15) is 0 Å². The maximum absolute atomic E-state index is 15.0. The molecule has 3 fully saturated rings. The van der Waals surface area contributed by atoms with E-state index in [0.717, 1.165) is 16.3 Å². The Morgan fingerprint density at radius 3 is 2.52 bits per heavy atom. The minimum atomic E-state index is -0.940. The average Bonchev–Trinajstić information content (AvgIpc) is 3.64. The quantitative estimate of drug-likeness (QED) is 0.122. The lowest BCUT2D eigenvalue weighted by Crippen LogP contribution is -2.56. The van der Waals surface area contributed by atoms with Gasteiger partial charge in [0.25, 0.3) is 5.91 Å². The molecule has 3 aromatic carbocycles. The number of carbonyl (C=O) groups excluding carboxylic acids is 3. The highest BCUT2D eigenvalue weighted by molar-refractivity contribution is 9.09. The smallest absolute Gasteiger partial charge is 0.310 e. The SMILES string of the molecule is C=CCCOC(=O)[C@H]1[C@H]2C(=O)N([C@H](CO)c3ccccc3)C(C(=O)N(CC=C)c3ccc4ccccc4c3)C23CC(Br)[C@@H]1S3. The second kappa shape index (κ2) is 12.5. The molecule has 0 aliphatic carbocycles. The molecule has 3 heterocycles. The summed E-state index contributed by atoms with van der Waals surface area (Å²) in [5, 5.41) is 12.6. The van der Waals surface area contributed by atoms with Crippen molar-refractivity contribution in [3.63, 3.8) is 0 Å². The molecule has 3 saturated heterocycles. The van der Waals surface area contributed by atoms with Crippen LogP contribution in [0.1, 0.15) is 24.4 Å². The number of carbonyl (C=O) groups is 3. The number of esters is 1. The average molecular weight is 676 g/mol. The molecular formula is C35H35BrN2O5S. The molecule has 3 aliphatic rings. The van der Waals surface area contributed by atoms with Crippen molar-refractivity contribution in [3.05, 3.63) is 104 Å². The van der Waals surface area contributed by atoms with Gasteiger partial charge in [-0.05, 0) is 41.3 Å². The van der Waals surface area contributed by atoms with Crippen LogP contribution in [0.15, 0.2) is 98.1 Å². The summed E-state index contributed by atoms with van der Waals surface area (Å²) in [7, 11) is 0. The molecule has 3 aromatic rings. The molecular weight excluding hydrogens is 640 g/mol. The summed E-state index contributed by atoms with van der Waals surface area (Å²) in [5.74, 6) is -2.49. The van der Waals surface area contributed by atoms with Crippen LogP contribution in [-0.4, -0.2) is 68.4 Å². The van der Waals surface area contributed by atoms with Crippen LogP contribution in [0.5, 0.6) is 0 Å². The molecule has 3 aliphatic heterocycles.